The molecule has 0 saturated carbocycles. The van der Waals surface area contributed by atoms with Crippen molar-refractivity contribution in [2.75, 3.05) is 0 Å². The lowest BCUT2D eigenvalue weighted by molar-refractivity contribution is -0.384. The van der Waals surface area contributed by atoms with Crippen molar-refractivity contribution in [1.82, 2.24) is 0 Å². The van der Waals surface area contributed by atoms with Crippen molar-refractivity contribution < 1.29 is 19.3 Å². The fraction of sp³-hybridized carbons (Fsp3) is 0.0400. The van der Waals surface area contributed by atoms with Gasteiger partial charge in [-0.1, -0.05) is 23.7 Å². The number of ether oxygens (including phenoxy) is 2. The highest BCUT2D eigenvalue weighted by Crippen LogP contribution is 2.46. The van der Waals surface area contributed by atoms with E-state index >= 15 is 0 Å². The smallest absolute Gasteiger partial charge is 0.309 e. The Bertz CT molecular complexity index is 1640. The number of rotatable bonds is 2. The predicted octanol–water partition coefficient (Wildman–Crippen LogP) is 6.58. The maximum absolute atomic E-state index is 11.1. The maximum Gasteiger partial charge on any atom is 0.309 e. The van der Waals surface area contributed by atoms with Crippen LogP contribution in [0.4, 0.5) is 11.4 Å². The lowest BCUT2D eigenvalue weighted by Crippen LogP contribution is -2.43. The molecule has 166 valence electrons. The molecule has 9 heteroatoms. The average molecular weight is 473 g/mol. The molecule has 0 radical (unpaired) electrons. The Hall–Kier alpha value is -4.43. The van der Waals surface area contributed by atoms with Gasteiger partial charge in [-0.15, -0.1) is 0 Å². The van der Waals surface area contributed by atoms with Crippen LogP contribution in [0.25, 0.3) is 33.7 Å². The normalized spacial score (nSPS) is 18.1. The van der Waals surface area contributed by atoms with Crippen molar-refractivity contribution in [1.29, 1.82) is 0 Å². The fourth-order valence-corrected chi connectivity index (χ4v) is 4.63. The second-order valence-electron chi connectivity index (χ2n) is 7.98. The number of nitro groups is 2. The van der Waals surface area contributed by atoms with Gasteiger partial charge >= 0.3 is 5.79 Å². The van der Waals surface area contributed by atoms with Crippen LogP contribution in [-0.2, 0) is 0 Å². The van der Waals surface area contributed by atoms with Gasteiger partial charge < -0.3 is 9.47 Å². The molecule has 2 aliphatic heterocycles. The zero-order valence-corrected chi connectivity index (χ0v) is 18.0. The topological polar surface area (TPSA) is 105 Å². The number of nitrogens with zero attached hydrogens (tertiary/aromatic N) is 2. The van der Waals surface area contributed by atoms with Gasteiger partial charge in [0.15, 0.2) is 0 Å². The van der Waals surface area contributed by atoms with Gasteiger partial charge in [0.2, 0.25) is 0 Å². The summed E-state index contributed by atoms with van der Waals surface area (Å²) >= 11 is 6.68. The Morgan fingerprint density at radius 2 is 1.26 bits per heavy atom. The molecule has 4 aromatic carbocycles. The van der Waals surface area contributed by atoms with Crippen molar-refractivity contribution in [2.45, 2.75) is 5.79 Å². The zero-order chi connectivity index (χ0) is 23.6. The molecule has 0 aromatic heterocycles. The van der Waals surface area contributed by atoms with E-state index in [0.717, 1.165) is 16.3 Å². The standard InChI is InChI=1S/C25H13ClN2O6/c26-24-13-21-19-6-4-17(28(31)32)12-15(19)2-8-23(21)34-25(24)10-9-20-18-5-3-16(27(29)30)11-14(18)1-7-22(20)33-25/h1-13H. The SMILES string of the molecule is O=[N+]([O-])c1ccc2c3c(ccc2c1)OC1(C=C3)Oc2ccc3cc([N+](=O)[O-])ccc3c2C=C1Cl. The fourth-order valence-electron chi connectivity index (χ4n) is 4.38. The van der Waals surface area contributed by atoms with Crippen molar-refractivity contribution in [3.63, 3.8) is 0 Å². The molecule has 1 spiro atoms. The van der Waals surface area contributed by atoms with Crippen LogP contribution in [0.3, 0.4) is 0 Å². The molecular weight excluding hydrogens is 460 g/mol. The molecule has 0 bridgehead atoms. The van der Waals surface area contributed by atoms with Crippen LogP contribution in [0, 0.1) is 20.2 Å². The third kappa shape index (κ3) is 2.93. The first-order chi connectivity index (χ1) is 16.3. The molecular formula is C25H13ClN2O6. The van der Waals surface area contributed by atoms with Gasteiger partial charge in [-0.05, 0) is 58.0 Å². The Balaban J connectivity index is 1.43. The summed E-state index contributed by atoms with van der Waals surface area (Å²) in [7, 11) is 0. The van der Waals surface area contributed by atoms with Gasteiger partial charge in [-0.3, -0.25) is 20.2 Å². The van der Waals surface area contributed by atoms with Crippen LogP contribution in [-0.4, -0.2) is 15.6 Å². The van der Waals surface area contributed by atoms with Crippen LogP contribution < -0.4 is 9.47 Å². The highest BCUT2D eigenvalue weighted by molar-refractivity contribution is 6.33. The van der Waals surface area contributed by atoms with Gasteiger partial charge in [0.1, 0.15) is 16.5 Å². The molecule has 0 saturated heterocycles. The number of benzene rings is 4. The van der Waals surface area contributed by atoms with E-state index in [-0.39, 0.29) is 16.4 Å². The Morgan fingerprint density at radius 3 is 1.82 bits per heavy atom. The molecule has 0 aliphatic carbocycles. The summed E-state index contributed by atoms with van der Waals surface area (Å²) in [4.78, 5) is 21.3. The predicted molar refractivity (Wildman–Crippen MR) is 128 cm³/mol. The number of fused-ring (bicyclic) bond motifs is 6. The Morgan fingerprint density at radius 1 is 0.735 bits per heavy atom. The molecule has 1 unspecified atom stereocenters. The first-order valence-electron chi connectivity index (χ1n) is 10.2. The third-order valence-corrected chi connectivity index (χ3v) is 6.40. The number of hydrogen-bond donors (Lipinski definition) is 0. The summed E-state index contributed by atoms with van der Waals surface area (Å²) in [6.45, 7) is 0. The minimum absolute atomic E-state index is 0.00318. The van der Waals surface area contributed by atoms with Crippen molar-refractivity contribution in [2.24, 2.45) is 0 Å². The van der Waals surface area contributed by atoms with Crippen LogP contribution in [0.15, 0.2) is 71.8 Å². The molecule has 1 atom stereocenters. The first kappa shape index (κ1) is 20.2. The maximum atomic E-state index is 11.1. The Kier molecular flexibility index (Phi) is 4.18. The number of halogens is 1. The van der Waals surface area contributed by atoms with Crippen LogP contribution >= 0.6 is 11.6 Å². The highest BCUT2D eigenvalue weighted by Gasteiger charge is 2.42. The van der Waals surface area contributed by atoms with E-state index in [1.807, 2.05) is 6.08 Å². The van der Waals surface area contributed by atoms with Gasteiger partial charge in [-0.25, -0.2) is 0 Å². The summed E-state index contributed by atoms with van der Waals surface area (Å²) in [5.74, 6) is -0.324. The second kappa shape index (κ2) is 7.03. The molecule has 2 heterocycles. The Labute approximate surface area is 196 Å². The minimum Gasteiger partial charge on any atom is -0.443 e. The molecule has 0 fully saturated rings. The van der Waals surface area contributed by atoms with E-state index in [2.05, 4.69) is 0 Å². The molecule has 6 rings (SSSR count). The number of hydrogen-bond acceptors (Lipinski definition) is 6. The van der Waals surface area contributed by atoms with E-state index in [1.165, 1.54) is 24.3 Å². The lowest BCUT2D eigenvalue weighted by Gasteiger charge is -2.37. The van der Waals surface area contributed by atoms with E-state index in [9.17, 15) is 20.2 Å². The van der Waals surface area contributed by atoms with E-state index in [0.29, 0.717) is 27.8 Å². The molecule has 0 N–H and O–H groups in total. The van der Waals surface area contributed by atoms with Crippen LogP contribution in [0.2, 0.25) is 0 Å². The van der Waals surface area contributed by atoms with Crippen molar-refractivity contribution in [3.05, 3.63) is 103 Å². The number of non-ortho nitro benzene ring substituents is 2. The van der Waals surface area contributed by atoms with Gasteiger partial charge in [0.05, 0.1) is 9.85 Å². The van der Waals surface area contributed by atoms with Gasteiger partial charge in [0, 0.05) is 41.5 Å². The summed E-state index contributed by atoms with van der Waals surface area (Å²) < 4.78 is 12.5. The monoisotopic (exact) mass is 472 g/mol. The van der Waals surface area contributed by atoms with E-state index in [1.54, 1.807) is 48.6 Å². The van der Waals surface area contributed by atoms with Crippen LogP contribution in [0.1, 0.15) is 11.1 Å². The first-order valence-corrected chi connectivity index (χ1v) is 10.6. The molecule has 0 amide bonds. The van der Waals surface area contributed by atoms with E-state index < -0.39 is 15.6 Å². The lowest BCUT2D eigenvalue weighted by atomic mass is 9.96. The largest absolute Gasteiger partial charge is 0.443 e. The molecule has 8 nitrogen and oxygen atoms in total. The van der Waals surface area contributed by atoms with Gasteiger partial charge in [0.25, 0.3) is 11.4 Å². The number of nitro benzene ring substituents is 2. The highest BCUT2D eigenvalue weighted by atomic mass is 35.5. The summed E-state index contributed by atoms with van der Waals surface area (Å²) in [6.07, 6.45) is 5.28. The summed E-state index contributed by atoms with van der Waals surface area (Å²) in [5, 5.41) is 25.5. The van der Waals surface area contributed by atoms with Crippen molar-refractivity contribution >= 4 is 56.7 Å². The summed E-state index contributed by atoms with van der Waals surface area (Å²) in [6, 6.07) is 16.3. The van der Waals surface area contributed by atoms with E-state index in [4.69, 9.17) is 21.1 Å². The molecule has 34 heavy (non-hydrogen) atoms. The quantitative estimate of drug-likeness (QED) is 0.241. The average Bonchev–Trinajstić information content (AvgIpc) is 2.83. The minimum atomic E-state index is -1.37. The molecule has 2 aliphatic rings. The molecule has 4 aromatic rings. The van der Waals surface area contributed by atoms with Crippen LogP contribution in [0.5, 0.6) is 11.5 Å². The third-order valence-electron chi connectivity index (χ3n) is 6.03. The summed E-state index contributed by atoms with van der Waals surface area (Å²) in [5.41, 5.74) is 1.49. The second-order valence-corrected chi connectivity index (χ2v) is 8.38. The van der Waals surface area contributed by atoms with Crippen molar-refractivity contribution in [3.8, 4) is 11.5 Å². The van der Waals surface area contributed by atoms with Gasteiger partial charge in [-0.2, -0.15) is 0 Å². The zero-order valence-electron chi connectivity index (χ0n) is 17.2.